The lowest BCUT2D eigenvalue weighted by atomic mass is 10.1. The number of halogens is 1. The van der Waals surface area contributed by atoms with E-state index < -0.39 is 17.6 Å². The number of carbonyl (C=O) groups is 2. The fourth-order valence-corrected chi connectivity index (χ4v) is 4.51. The zero-order chi connectivity index (χ0) is 22.0. The van der Waals surface area contributed by atoms with Gasteiger partial charge in [0, 0.05) is 24.7 Å². The Labute approximate surface area is 182 Å². The van der Waals surface area contributed by atoms with Crippen LogP contribution in [0, 0.1) is 17.1 Å². The van der Waals surface area contributed by atoms with E-state index in [2.05, 4.69) is 10.3 Å². The minimum Gasteiger partial charge on any atom is -0.495 e. The number of nitrogens with one attached hydrogen (secondary N) is 1. The lowest BCUT2D eigenvalue weighted by Crippen LogP contribution is -2.27. The molecule has 2 aromatic carbocycles. The zero-order valence-electron chi connectivity index (χ0n) is 16.7. The summed E-state index contributed by atoms with van der Waals surface area (Å²) in [5.74, 6) is -1.98. The van der Waals surface area contributed by atoms with Gasteiger partial charge in [0.2, 0.25) is 5.91 Å². The van der Waals surface area contributed by atoms with Gasteiger partial charge < -0.3 is 15.0 Å². The van der Waals surface area contributed by atoms with Gasteiger partial charge in [-0.2, -0.15) is 5.26 Å². The molecule has 0 unspecified atom stereocenters. The maximum absolute atomic E-state index is 13.4. The summed E-state index contributed by atoms with van der Waals surface area (Å²) in [7, 11) is 1.46. The van der Waals surface area contributed by atoms with Crippen LogP contribution in [0.5, 0.6) is 5.75 Å². The van der Waals surface area contributed by atoms with E-state index in [0.29, 0.717) is 40.3 Å². The highest BCUT2D eigenvalue weighted by atomic mass is 32.1. The number of likely N-dealkylation sites (tertiary alicyclic amines) is 1. The van der Waals surface area contributed by atoms with Crippen LogP contribution in [-0.2, 0) is 4.79 Å². The van der Waals surface area contributed by atoms with Gasteiger partial charge in [0.15, 0.2) is 5.92 Å². The number of hydrogen-bond donors (Lipinski definition) is 1. The highest BCUT2D eigenvalue weighted by Gasteiger charge is 2.26. The second kappa shape index (κ2) is 8.70. The van der Waals surface area contributed by atoms with E-state index in [1.54, 1.807) is 29.2 Å². The van der Waals surface area contributed by atoms with Crippen LogP contribution in [0.4, 0.5) is 10.1 Å². The molecule has 3 aromatic rings. The molecule has 31 heavy (non-hydrogen) atoms. The van der Waals surface area contributed by atoms with E-state index in [9.17, 15) is 19.2 Å². The number of aromatic nitrogens is 1. The molecule has 2 heterocycles. The Bertz CT molecular complexity index is 1200. The quantitative estimate of drug-likeness (QED) is 0.651. The summed E-state index contributed by atoms with van der Waals surface area (Å²) in [5.41, 5.74) is 1.12. The summed E-state index contributed by atoms with van der Waals surface area (Å²) in [6.45, 7) is 1.42. The van der Waals surface area contributed by atoms with Crippen LogP contribution in [0.1, 0.15) is 34.1 Å². The van der Waals surface area contributed by atoms with Crippen LogP contribution >= 0.6 is 11.3 Å². The van der Waals surface area contributed by atoms with Crippen molar-refractivity contribution >= 4 is 39.1 Å². The maximum atomic E-state index is 13.4. The van der Waals surface area contributed by atoms with E-state index in [1.807, 2.05) is 6.07 Å². The molecule has 0 spiro atoms. The number of nitrogens with zero attached hydrogens (tertiary/aromatic N) is 3. The molecule has 0 aliphatic carbocycles. The van der Waals surface area contributed by atoms with Crippen LogP contribution < -0.4 is 10.1 Å². The molecular formula is C22H19FN4O3S. The number of hydrogen-bond acceptors (Lipinski definition) is 6. The Morgan fingerprint density at radius 3 is 2.74 bits per heavy atom. The van der Waals surface area contributed by atoms with Crippen molar-refractivity contribution in [3.63, 3.8) is 0 Å². The average Bonchev–Trinajstić information content (AvgIpc) is 3.43. The molecule has 7 nitrogen and oxygen atoms in total. The Morgan fingerprint density at radius 1 is 1.26 bits per heavy atom. The molecule has 4 rings (SSSR count). The molecule has 2 amide bonds. The molecule has 1 aliphatic rings. The van der Waals surface area contributed by atoms with Crippen molar-refractivity contribution in [2.45, 2.75) is 18.8 Å². The van der Waals surface area contributed by atoms with E-state index in [1.165, 1.54) is 19.2 Å². The predicted molar refractivity (Wildman–Crippen MR) is 115 cm³/mol. The lowest BCUT2D eigenvalue weighted by molar-refractivity contribution is -0.116. The number of rotatable bonds is 5. The molecule has 1 aromatic heterocycles. The summed E-state index contributed by atoms with van der Waals surface area (Å²) in [5, 5.41) is 12.6. The Balaban J connectivity index is 1.60. The van der Waals surface area contributed by atoms with Crippen LogP contribution in [0.3, 0.4) is 0 Å². The largest absolute Gasteiger partial charge is 0.495 e. The first kappa shape index (κ1) is 20.8. The molecule has 1 saturated heterocycles. The molecule has 158 valence electrons. The van der Waals surface area contributed by atoms with Crippen molar-refractivity contribution in [2.75, 3.05) is 25.5 Å². The van der Waals surface area contributed by atoms with Gasteiger partial charge in [-0.15, -0.1) is 11.3 Å². The van der Waals surface area contributed by atoms with Gasteiger partial charge in [0.1, 0.15) is 16.6 Å². The molecule has 1 fully saturated rings. The van der Waals surface area contributed by atoms with Crippen LogP contribution in [-0.4, -0.2) is 41.9 Å². The Kier molecular flexibility index (Phi) is 5.82. The summed E-state index contributed by atoms with van der Waals surface area (Å²) in [4.78, 5) is 31.6. The Hall–Kier alpha value is -3.51. The normalized spacial score (nSPS) is 14.3. The van der Waals surface area contributed by atoms with E-state index in [-0.39, 0.29) is 10.9 Å². The topological polar surface area (TPSA) is 95.3 Å². The van der Waals surface area contributed by atoms with Gasteiger partial charge in [-0.3, -0.25) is 9.59 Å². The number of ether oxygens (including phenoxy) is 1. The third kappa shape index (κ3) is 4.20. The fourth-order valence-electron chi connectivity index (χ4n) is 3.51. The molecule has 9 heteroatoms. The molecule has 1 N–H and O–H groups in total. The van der Waals surface area contributed by atoms with E-state index in [0.717, 1.165) is 24.2 Å². The highest BCUT2D eigenvalue weighted by molar-refractivity contribution is 7.18. The second-order valence-corrected chi connectivity index (χ2v) is 8.19. The maximum Gasteiger partial charge on any atom is 0.253 e. The molecule has 0 saturated carbocycles. The number of fused-ring (bicyclic) bond motifs is 1. The number of amides is 2. The van der Waals surface area contributed by atoms with Crippen molar-refractivity contribution in [1.82, 2.24) is 9.88 Å². The van der Waals surface area contributed by atoms with Gasteiger partial charge in [-0.1, -0.05) is 0 Å². The summed E-state index contributed by atoms with van der Waals surface area (Å²) in [6.07, 6.45) is 1.95. The fraction of sp³-hybridized carbons (Fsp3) is 0.273. The first-order chi connectivity index (χ1) is 15.0. The van der Waals surface area contributed by atoms with Crippen molar-refractivity contribution < 1.29 is 18.7 Å². The minimum absolute atomic E-state index is 0.110. The molecule has 1 atom stereocenters. The molecule has 0 radical (unpaired) electrons. The highest BCUT2D eigenvalue weighted by Crippen LogP contribution is 2.31. The van der Waals surface area contributed by atoms with Crippen LogP contribution in [0.15, 0.2) is 36.4 Å². The number of carbonyl (C=O) groups excluding carboxylic acids is 2. The van der Waals surface area contributed by atoms with Crippen molar-refractivity contribution in [3.05, 3.63) is 52.8 Å². The van der Waals surface area contributed by atoms with Crippen molar-refractivity contribution in [3.8, 4) is 11.8 Å². The third-order valence-electron chi connectivity index (χ3n) is 5.10. The molecule has 1 aliphatic heterocycles. The van der Waals surface area contributed by atoms with Gasteiger partial charge >= 0.3 is 0 Å². The van der Waals surface area contributed by atoms with Crippen molar-refractivity contribution in [2.24, 2.45) is 0 Å². The summed E-state index contributed by atoms with van der Waals surface area (Å²) in [6, 6.07) is 10.9. The first-order valence-electron chi connectivity index (χ1n) is 9.74. The van der Waals surface area contributed by atoms with Gasteiger partial charge in [0.05, 0.1) is 29.1 Å². The first-order valence-corrected chi connectivity index (χ1v) is 10.6. The molecular weight excluding hydrogens is 419 g/mol. The number of thiazole rings is 1. The van der Waals surface area contributed by atoms with Gasteiger partial charge in [0.25, 0.3) is 5.91 Å². The zero-order valence-corrected chi connectivity index (χ0v) is 17.5. The molecule has 0 bridgehead atoms. The number of methoxy groups -OCH3 is 1. The standard InChI is InChI=1S/C22H19FN4O3S/c1-30-18-6-4-13(22(29)27-8-2-3-9-27)10-16(18)25-20(28)15(12-24)21-26-17-11-14(23)5-7-19(17)31-21/h4-7,10-11,15H,2-3,8-9H2,1H3,(H,25,28)/t15-/m0/s1. The lowest BCUT2D eigenvalue weighted by Gasteiger charge is -2.17. The predicted octanol–water partition coefficient (Wildman–Crippen LogP) is 3.93. The average molecular weight is 438 g/mol. The van der Waals surface area contributed by atoms with Gasteiger partial charge in [-0.05, 0) is 43.2 Å². The van der Waals surface area contributed by atoms with Gasteiger partial charge in [-0.25, -0.2) is 9.37 Å². The number of benzene rings is 2. The number of nitriles is 1. The summed E-state index contributed by atoms with van der Waals surface area (Å²) < 4.78 is 19.4. The van der Waals surface area contributed by atoms with E-state index >= 15 is 0 Å². The minimum atomic E-state index is -1.19. The van der Waals surface area contributed by atoms with E-state index in [4.69, 9.17) is 4.74 Å². The number of anilines is 1. The second-order valence-electron chi connectivity index (χ2n) is 7.13. The smallest absolute Gasteiger partial charge is 0.253 e. The van der Waals surface area contributed by atoms with Crippen molar-refractivity contribution in [1.29, 1.82) is 5.26 Å². The van der Waals surface area contributed by atoms with Crippen LogP contribution in [0.25, 0.3) is 10.2 Å². The summed E-state index contributed by atoms with van der Waals surface area (Å²) >= 11 is 1.16. The SMILES string of the molecule is COc1ccc(C(=O)N2CCCC2)cc1NC(=O)[C@H](C#N)c1nc2cc(F)ccc2s1. The van der Waals surface area contributed by atoms with Crippen LogP contribution in [0.2, 0.25) is 0 Å². The monoisotopic (exact) mass is 438 g/mol. The Morgan fingerprint density at radius 2 is 2.03 bits per heavy atom. The third-order valence-corrected chi connectivity index (χ3v) is 6.20.